The molecule has 5 nitrogen and oxygen atoms in total. The highest BCUT2D eigenvalue weighted by molar-refractivity contribution is 5.88. The quantitative estimate of drug-likeness (QED) is 0.608. The highest BCUT2D eigenvalue weighted by Gasteiger charge is 2.08. The Bertz CT molecular complexity index is 1020. The lowest BCUT2D eigenvalue weighted by atomic mass is 10.1. The SMILES string of the molecule is O=C(Cc1c[nH]c2ccccc12)NCc1ccc2nccnc2c1. The predicted molar refractivity (Wildman–Crippen MR) is 93.4 cm³/mol. The summed E-state index contributed by atoms with van der Waals surface area (Å²) in [7, 11) is 0. The van der Waals surface area contributed by atoms with Gasteiger partial charge in [0.2, 0.25) is 5.91 Å². The molecule has 2 heterocycles. The fourth-order valence-electron chi connectivity index (χ4n) is 2.83. The van der Waals surface area contributed by atoms with Crippen LogP contribution >= 0.6 is 0 Å². The third-order valence-electron chi connectivity index (χ3n) is 4.05. The zero-order valence-corrected chi connectivity index (χ0v) is 13.0. The number of amides is 1. The van der Waals surface area contributed by atoms with Gasteiger partial charge in [-0.3, -0.25) is 14.8 Å². The van der Waals surface area contributed by atoms with E-state index in [1.807, 2.05) is 48.7 Å². The van der Waals surface area contributed by atoms with Crippen LogP contribution in [0.4, 0.5) is 0 Å². The average Bonchev–Trinajstić information content (AvgIpc) is 3.03. The van der Waals surface area contributed by atoms with Crippen molar-refractivity contribution in [2.75, 3.05) is 0 Å². The normalized spacial score (nSPS) is 11.0. The Morgan fingerprint density at radius 3 is 2.79 bits per heavy atom. The lowest BCUT2D eigenvalue weighted by Gasteiger charge is -2.06. The van der Waals surface area contributed by atoms with Crippen LogP contribution in [0.3, 0.4) is 0 Å². The van der Waals surface area contributed by atoms with Crippen molar-refractivity contribution >= 4 is 27.8 Å². The molecule has 0 bridgehead atoms. The van der Waals surface area contributed by atoms with Crippen molar-refractivity contribution in [1.82, 2.24) is 20.3 Å². The molecular formula is C19H16N4O. The fourth-order valence-corrected chi connectivity index (χ4v) is 2.83. The average molecular weight is 316 g/mol. The number of para-hydroxylation sites is 1. The lowest BCUT2D eigenvalue weighted by Crippen LogP contribution is -2.24. The monoisotopic (exact) mass is 316 g/mol. The van der Waals surface area contributed by atoms with E-state index in [9.17, 15) is 4.79 Å². The molecule has 2 aromatic heterocycles. The van der Waals surface area contributed by atoms with Crippen molar-refractivity contribution in [3.8, 4) is 0 Å². The zero-order valence-electron chi connectivity index (χ0n) is 13.0. The first-order valence-electron chi connectivity index (χ1n) is 7.81. The molecule has 0 saturated heterocycles. The van der Waals surface area contributed by atoms with E-state index < -0.39 is 0 Å². The van der Waals surface area contributed by atoms with Crippen LogP contribution in [0.1, 0.15) is 11.1 Å². The molecule has 0 spiro atoms. The standard InChI is InChI=1S/C19H16N4O/c24-19(10-14-12-22-16-4-2-1-3-15(14)16)23-11-13-5-6-17-18(9-13)21-8-7-20-17/h1-9,12,22H,10-11H2,(H,23,24). The number of carbonyl (C=O) groups is 1. The zero-order chi connectivity index (χ0) is 16.4. The summed E-state index contributed by atoms with van der Waals surface area (Å²) in [4.78, 5) is 24.0. The molecule has 0 radical (unpaired) electrons. The minimum atomic E-state index is -0.000930. The molecule has 24 heavy (non-hydrogen) atoms. The Balaban J connectivity index is 1.44. The van der Waals surface area contributed by atoms with E-state index in [0.29, 0.717) is 13.0 Å². The Kier molecular flexibility index (Phi) is 3.67. The molecule has 118 valence electrons. The highest BCUT2D eigenvalue weighted by atomic mass is 16.1. The number of nitrogens with zero attached hydrogens (tertiary/aromatic N) is 2. The molecule has 2 N–H and O–H groups in total. The summed E-state index contributed by atoms with van der Waals surface area (Å²) in [6.07, 6.45) is 5.60. The van der Waals surface area contributed by atoms with Gasteiger partial charge in [-0.25, -0.2) is 0 Å². The second kappa shape index (κ2) is 6.12. The lowest BCUT2D eigenvalue weighted by molar-refractivity contribution is -0.120. The molecule has 0 aliphatic carbocycles. The van der Waals surface area contributed by atoms with E-state index in [2.05, 4.69) is 20.3 Å². The second-order valence-electron chi connectivity index (χ2n) is 5.69. The fraction of sp³-hybridized carbons (Fsp3) is 0.105. The molecule has 1 amide bonds. The number of rotatable bonds is 4. The third kappa shape index (κ3) is 2.84. The Labute approximate surface area is 138 Å². The van der Waals surface area contributed by atoms with Crippen molar-refractivity contribution in [3.63, 3.8) is 0 Å². The van der Waals surface area contributed by atoms with Crippen molar-refractivity contribution in [1.29, 1.82) is 0 Å². The first kappa shape index (κ1) is 14.4. The number of hydrogen-bond acceptors (Lipinski definition) is 3. The van der Waals surface area contributed by atoms with Crippen LogP contribution in [0, 0.1) is 0 Å². The van der Waals surface area contributed by atoms with Crippen molar-refractivity contribution in [2.24, 2.45) is 0 Å². The van der Waals surface area contributed by atoms with Crippen LogP contribution in [0.2, 0.25) is 0 Å². The van der Waals surface area contributed by atoms with Crippen molar-refractivity contribution < 1.29 is 4.79 Å². The van der Waals surface area contributed by atoms with Crippen molar-refractivity contribution in [3.05, 3.63) is 72.2 Å². The minimum absolute atomic E-state index is 0.000930. The molecule has 0 unspecified atom stereocenters. The van der Waals surface area contributed by atoms with Gasteiger partial charge in [0.25, 0.3) is 0 Å². The smallest absolute Gasteiger partial charge is 0.224 e. The number of H-pyrrole nitrogens is 1. The molecule has 2 aromatic carbocycles. The van der Waals surface area contributed by atoms with Gasteiger partial charge in [-0.05, 0) is 29.3 Å². The van der Waals surface area contributed by atoms with Crippen molar-refractivity contribution in [2.45, 2.75) is 13.0 Å². The molecule has 5 heteroatoms. The summed E-state index contributed by atoms with van der Waals surface area (Å²) in [5.74, 6) is -0.000930. The van der Waals surface area contributed by atoms with Gasteiger partial charge < -0.3 is 10.3 Å². The molecule has 0 atom stereocenters. The Morgan fingerprint density at radius 2 is 1.88 bits per heavy atom. The molecule has 0 fully saturated rings. The number of aromatic nitrogens is 3. The summed E-state index contributed by atoms with van der Waals surface area (Å²) in [6, 6.07) is 13.8. The second-order valence-corrected chi connectivity index (χ2v) is 5.69. The number of carbonyl (C=O) groups excluding carboxylic acids is 1. The van der Waals surface area contributed by atoms with Crippen LogP contribution in [-0.2, 0) is 17.8 Å². The van der Waals surface area contributed by atoms with Gasteiger partial charge in [-0.1, -0.05) is 24.3 Å². The number of aromatic amines is 1. The summed E-state index contributed by atoms with van der Waals surface area (Å²) in [6.45, 7) is 0.480. The van der Waals surface area contributed by atoms with E-state index >= 15 is 0 Å². The predicted octanol–water partition coefficient (Wildman–Crippen LogP) is 2.97. The van der Waals surface area contributed by atoms with Gasteiger partial charge in [-0.2, -0.15) is 0 Å². The number of fused-ring (bicyclic) bond motifs is 2. The maximum Gasteiger partial charge on any atom is 0.224 e. The number of hydrogen-bond donors (Lipinski definition) is 2. The maximum atomic E-state index is 12.2. The van der Waals surface area contributed by atoms with Gasteiger partial charge >= 0.3 is 0 Å². The van der Waals surface area contributed by atoms with Crippen LogP contribution in [-0.4, -0.2) is 20.9 Å². The van der Waals surface area contributed by atoms with Crippen LogP contribution < -0.4 is 5.32 Å². The summed E-state index contributed by atoms with van der Waals surface area (Å²) in [5.41, 5.74) is 4.75. The Morgan fingerprint density at radius 1 is 1.04 bits per heavy atom. The first-order valence-corrected chi connectivity index (χ1v) is 7.81. The third-order valence-corrected chi connectivity index (χ3v) is 4.05. The molecule has 0 aliphatic rings. The van der Waals surface area contributed by atoms with E-state index in [4.69, 9.17) is 0 Å². The summed E-state index contributed by atoms with van der Waals surface area (Å²) in [5, 5.41) is 4.06. The molecule has 4 rings (SSSR count). The minimum Gasteiger partial charge on any atom is -0.361 e. The van der Waals surface area contributed by atoms with Gasteiger partial charge in [0.15, 0.2) is 0 Å². The van der Waals surface area contributed by atoms with Gasteiger partial charge in [0.1, 0.15) is 0 Å². The summed E-state index contributed by atoms with van der Waals surface area (Å²) < 4.78 is 0. The van der Waals surface area contributed by atoms with E-state index in [0.717, 1.165) is 33.1 Å². The largest absolute Gasteiger partial charge is 0.361 e. The highest BCUT2D eigenvalue weighted by Crippen LogP contribution is 2.18. The van der Waals surface area contributed by atoms with Crippen LogP contribution in [0.5, 0.6) is 0 Å². The summed E-state index contributed by atoms with van der Waals surface area (Å²) >= 11 is 0. The molecule has 0 saturated carbocycles. The van der Waals surface area contributed by atoms with Gasteiger partial charge in [-0.15, -0.1) is 0 Å². The Hall–Kier alpha value is -3.21. The topological polar surface area (TPSA) is 70.7 Å². The van der Waals surface area contributed by atoms with E-state index in [1.54, 1.807) is 12.4 Å². The first-order chi connectivity index (χ1) is 11.8. The number of nitrogens with one attached hydrogen (secondary N) is 2. The maximum absolute atomic E-state index is 12.2. The van der Waals surface area contributed by atoms with E-state index in [1.165, 1.54) is 0 Å². The van der Waals surface area contributed by atoms with E-state index in [-0.39, 0.29) is 5.91 Å². The van der Waals surface area contributed by atoms with Gasteiger partial charge in [0, 0.05) is 36.0 Å². The van der Waals surface area contributed by atoms with Gasteiger partial charge in [0.05, 0.1) is 17.5 Å². The molecule has 0 aliphatic heterocycles. The van der Waals surface area contributed by atoms with Crippen LogP contribution in [0.25, 0.3) is 21.9 Å². The molecular weight excluding hydrogens is 300 g/mol. The molecule has 4 aromatic rings. The van der Waals surface area contributed by atoms with Crippen LogP contribution in [0.15, 0.2) is 61.1 Å². The number of benzene rings is 2.